The van der Waals surface area contributed by atoms with Gasteiger partial charge in [-0.1, -0.05) is 17.7 Å². The van der Waals surface area contributed by atoms with Gasteiger partial charge in [-0.05, 0) is 19.1 Å². The number of rotatable bonds is 4. The smallest absolute Gasteiger partial charge is 0.230 e. The third kappa shape index (κ3) is 3.96. The fraction of sp³-hybridized carbons (Fsp3) is 0.412. The van der Waals surface area contributed by atoms with E-state index in [2.05, 4.69) is 20.6 Å². The Labute approximate surface area is 140 Å². The van der Waals surface area contributed by atoms with Gasteiger partial charge in [-0.2, -0.15) is 0 Å². The second kappa shape index (κ2) is 7.21. The molecule has 1 aliphatic heterocycles. The van der Waals surface area contributed by atoms with Gasteiger partial charge in [0.05, 0.1) is 11.4 Å². The summed E-state index contributed by atoms with van der Waals surface area (Å²) < 4.78 is 0. The van der Waals surface area contributed by atoms with Crippen LogP contribution in [0.4, 0.5) is 10.8 Å². The van der Waals surface area contributed by atoms with E-state index >= 15 is 0 Å². The lowest BCUT2D eigenvalue weighted by Crippen LogP contribution is -2.42. The zero-order valence-electron chi connectivity index (χ0n) is 13.6. The molecule has 1 aliphatic rings. The SMILES string of the molecule is CC(=O)N(c1ccc(C)cc1)c1nc(CN2CCNCC2)cs1. The van der Waals surface area contributed by atoms with Gasteiger partial charge in [-0.15, -0.1) is 11.3 Å². The molecule has 2 heterocycles. The van der Waals surface area contributed by atoms with Crippen molar-refractivity contribution >= 4 is 28.1 Å². The van der Waals surface area contributed by atoms with Crippen molar-refractivity contribution in [1.29, 1.82) is 0 Å². The Morgan fingerprint density at radius 2 is 2.00 bits per heavy atom. The first-order valence-electron chi connectivity index (χ1n) is 7.88. The van der Waals surface area contributed by atoms with Crippen LogP contribution in [0.3, 0.4) is 0 Å². The Morgan fingerprint density at radius 1 is 1.30 bits per heavy atom. The first kappa shape index (κ1) is 16.1. The summed E-state index contributed by atoms with van der Waals surface area (Å²) in [6.45, 7) is 8.61. The average Bonchev–Trinajstić information content (AvgIpc) is 2.98. The van der Waals surface area contributed by atoms with Crippen molar-refractivity contribution in [2.75, 3.05) is 31.1 Å². The fourth-order valence-corrected chi connectivity index (χ4v) is 3.57. The van der Waals surface area contributed by atoms with E-state index in [9.17, 15) is 4.79 Å². The molecule has 1 amide bonds. The molecule has 0 saturated carbocycles. The van der Waals surface area contributed by atoms with Gasteiger partial charge < -0.3 is 5.32 Å². The monoisotopic (exact) mass is 330 g/mol. The van der Waals surface area contributed by atoms with Crippen molar-refractivity contribution in [3.8, 4) is 0 Å². The molecule has 0 spiro atoms. The number of amides is 1. The van der Waals surface area contributed by atoms with Crippen LogP contribution < -0.4 is 10.2 Å². The zero-order valence-corrected chi connectivity index (χ0v) is 14.4. The molecule has 1 fully saturated rings. The maximum absolute atomic E-state index is 12.1. The largest absolute Gasteiger partial charge is 0.314 e. The summed E-state index contributed by atoms with van der Waals surface area (Å²) in [7, 11) is 0. The first-order chi connectivity index (χ1) is 11.1. The van der Waals surface area contributed by atoms with Crippen LogP contribution in [-0.2, 0) is 11.3 Å². The highest BCUT2D eigenvalue weighted by molar-refractivity contribution is 7.14. The van der Waals surface area contributed by atoms with Crippen LogP contribution in [0.15, 0.2) is 29.6 Å². The summed E-state index contributed by atoms with van der Waals surface area (Å²) in [6.07, 6.45) is 0. The molecule has 0 atom stereocenters. The van der Waals surface area contributed by atoms with Gasteiger partial charge in [0.15, 0.2) is 5.13 Å². The third-order valence-corrected chi connectivity index (χ3v) is 4.81. The molecule has 0 bridgehead atoms. The van der Waals surface area contributed by atoms with Crippen molar-refractivity contribution in [3.05, 3.63) is 40.9 Å². The number of piperazine rings is 1. The Bertz CT molecular complexity index is 661. The van der Waals surface area contributed by atoms with Crippen molar-refractivity contribution in [3.63, 3.8) is 0 Å². The predicted octanol–water partition coefficient (Wildman–Crippen LogP) is 2.54. The molecule has 3 rings (SSSR count). The summed E-state index contributed by atoms with van der Waals surface area (Å²) in [6, 6.07) is 7.96. The molecule has 1 aromatic carbocycles. The quantitative estimate of drug-likeness (QED) is 0.936. The van der Waals surface area contributed by atoms with Gasteiger partial charge in [0, 0.05) is 45.0 Å². The number of thiazole rings is 1. The summed E-state index contributed by atoms with van der Waals surface area (Å²) in [5.74, 6) is -0.0167. The van der Waals surface area contributed by atoms with Crippen LogP contribution in [0.5, 0.6) is 0 Å². The molecule has 2 aromatic rings. The first-order valence-corrected chi connectivity index (χ1v) is 8.76. The summed E-state index contributed by atoms with van der Waals surface area (Å²) >= 11 is 1.53. The summed E-state index contributed by atoms with van der Waals surface area (Å²) in [4.78, 5) is 20.9. The molecule has 1 aromatic heterocycles. The van der Waals surface area contributed by atoms with Crippen LogP contribution in [0.2, 0.25) is 0 Å². The number of nitrogens with one attached hydrogen (secondary N) is 1. The Hall–Kier alpha value is -1.76. The lowest BCUT2D eigenvalue weighted by atomic mass is 10.2. The van der Waals surface area contributed by atoms with Gasteiger partial charge in [-0.25, -0.2) is 4.98 Å². The van der Waals surface area contributed by atoms with Crippen LogP contribution in [0, 0.1) is 6.92 Å². The number of aryl methyl sites for hydroxylation is 1. The predicted molar refractivity (Wildman–Crippen MR) is 94.3 cm³/mol. The molecule has 0 radical (unpaired) electrons. The average molecular weight is 330 g/mol. The topological polar surface area (TPSA) is 48.5 Å². The fourth-order valence-electron chi connectivity index (χ4n) is 2.69. The van der Waals surface area contributed by atoms with Crippen molar-refractivity contribution in [2.24, 2.45) is 0 Å². The maximum atomic E-state index is 12.1. The number of benzene rings is 1. The number of anilines is 2. The minimum Gasteiger partial charge on any atom is -0.314 e. The molecule has 1 N–H and O–H groups in total. The van der Waals surface area contributed by atoms with Crippen LogP contribution in [0.25, 0.3) is 0 Å². The van der Waals surface area contributed by atoms with E-state index in [-0.39, 0.29) is 5.91 Å². The van der Waals surface area contributed by atoms with Gasteiger partial charge in [0.1, 0.15) is 0 Å². The van der Waals surface area contributed by atoms with Crippen molar-refractivity contribution in [1.82, 2.24) is 15.2 Å². The Kier molecular flexibility index (Phi) is 5.05. The molecule has 0 unspecified atom stereocenters. The van der Waals surface area contributed by atoms with Gasteiger partial charge in [0.25, 0.3) is 0 Å². The molecule has 23 heavy (non-hydrogen) atoms. The van der Waals surface area contributed by atoms with E-state index < -0.39 is 0 Å². The standard InChI is InChI=1S/C17H22N4OS/c1-13-3-5-16(6-4-13)21(14(2)22)17-19-15(12-23-17)11-20-9-7-18-8-10-20/h3-6,12,18H,7-11H2,1-2H3. The van der Waals surface area contributed by atoms with Crippen LogP contribution >= 0.6 is 11.3 Å². The summed E-state index contributed by atoms with van der Waals surface area (Å²) in [5, 5.41) is 6.15. The molecule has 1 saturated heterocycles. The van der Waals surface area contributed by atoms with E-state index in [0.717, 1.165) is 49.2 Å². The number of aromatic nitrogens is 1. The molecule has 5 nitrogen and oxygen atoms in total. The van der Waals surface area contributed by atoms with E-state index in [0.29, 0.717) is 0 Å². The van der Waals surface area contributed by atoms with Crippen molar-refractivity contribution in [2.45, 2.75) is 20.4 Å². The Morgan fingerprint density at radius 3 is 2.65 bits per heavy atom. The highest BCUT2D eigenvalue weighted by Crippen LogP contribution is 2.29. The Balaban J connectivity index is 1.78. The molecule has 0 aliphatic carbocycles. The van der Waals surface area contributed by atoms with E-state index in [1.165, 1.54) is 16.9 Å². The number of carbonyl (C=O) groups is 1. The van der Waals surface area contributed by atoms with Crippen molar-refractivity contribution < 1.29 is 4.79 Å². The maximum Gasteiger partial charge on any atom is 0.230 e. The van der Waals surface area contributed by atoms with Gasteiger partial charge in [-0.3, -0.25) is 14.6 Å². The summed E-state index contributed by atoms with van der Waals surface area (Å²) in [5.41, 5.74) is 3.08. The molecular formula is C17H22N4OS. The van der Waals surface area contributed by atoms with Crippen LogP contribution in [-0.4, -0.2) is 42.0 Å². The lowest BCUT2D eigenvalue weighted by Gasteiger charge is -2.26. The molecule has 122 valence electrons. The highest BCUT2D eigenvalue weighted by Gasteiger charge is 2.19. The minimum atomic E-state index is -0.0167. The van der Waals surface area contributed by atoms with E-state index in [1.54, 1.807) is 11.8 Å². The minimum absolute atomic E-state index is 0.0167. The number of hydrogen-bond acceptors (Lipinski definition) is 5. The van der Waals surface area contributed by atoms with E-state index in [4.69, 9.17) is 0 Å². The van der Waals surface area contributed by atoms with Gasteiger partial charge >= 0.3 is 0 Å². The molecule has 6 heteroatoms. The third-order valence-electron chi connectivity index (χ3n) is 3.93. The number of nitrogens with zero attached hydrogens (tertiary/aromatic N) is 3. The van der Waals surface area contributed by atoms with Crippen LogP contribution in [0.1, 0.15) is 18.2 Å². The number of hydrogen-bond donors (Lipinski definition) is 1. The van der Waals surface area contributed by atoms with Gasteiger partial charge in [0.2, 0.25) is 5.91 Å². The second-order valence-corrected chi connectivity index (χ2v) is 6.67. The lowest BCUT2D eigenvalue weighted by molar-refractivity contribution is -0.115. The zero-order chi connectivity index (χ0) is 16.2. The van der Waals surface area contributed by atoms with E-state index in [1.807, 2.05) is 31.2 Å². The highest BCUT2D eigenvalue weighted by atomic mass is 32.1. The normalized spacial score (nSPS) is 15.6. The second-order valence-electron chi connectivity index (χ2n) is 5.84. The molecular weight excluding hydrogens is 308 g/mol. The number of carbonyl (C=O) groups excluding carboxylic acids is 1.